The van der Waals surface area contributed by atoms with Crippen molar-refractivity contribution in [1.29, 1.82) is 0 Å². The standard InChI is InChI=1S/C29H29F2N5O6/c1-29(2)15-41-5-4-35(29)28(39)26-22-14-42-24-10-23(40-3)20(16-11-32-34(12-16)13-25(37)38)9-21(24)27(22)36(33-26)19-7-17(30)6-18(31)8-19/h6-12,22,27H,4-5,13-15H2,1-3H3,(H,37,38). The molecule has 11 nitrogen and oxygen atoms in total. The van der Waals surface area contributed by atoms with Crippen molar-refractivity contribution >= 4 is 23.3 Å². The topological polar surface area (TPSA) is 119 Å². The van der Waals surface area contributed by atoms with Crippen LogP contribution < -0.4 is 14.5 Å². The van der Waals surface area contributed by atoms with Crippen LogP contribution in [0.3, 0.4) is 0 Å². The van der Waals surface area contributed by atoms with E-state index < -0.39 is 35.1 Å². The molecule has 4 heterocycles. The molecule has 0 aliphatic carbocycles. The minimum Gasteiger partial charge on any atom is -0.496 e. The maximum absolute atomic E-state index is 14.4. The Bertz CT molecular complexity index is 1580. The van der Waals surface area contributed by atoms with E-state index in [2.05, 4.69) is 5.10 Å². The predicted molar refractivity (Wildman–Crippen MR) is 146 cm³/mol. The molecule has 3 aliphatic heterocycles. The van der Waals surface area contributed by atoms with Gasteiger partial charge in [-0.15, -0.1) is 0 Å². The number of carbonyl (C=O) groups is 2. The van der Waals surface area contributed by atoms with Crippen LogP contribution >= 0.6 is 0 Å². The highest BCUT2D eigenvalue weighted by Gasteiger charge is 2.49. The van der Waals surface area contributed by atoms with Gasteiger partial charge in [-0.3, -0.25) is 19.3 Å². The zero-order valence-corrected chi connectivity index (χ0v) is 23.2. The van der Waals surface area contributed by atoms with Gasteiger partial charge in [-0.1, -0.05) is 0 Å². The number of carboxylic acid groups (broad SMARTS) is 1. The lowest BCUT2D eigenvalue weighted by molar-refractivity contribution is -0.139. The van der Waals surface area contributed by atoms with Gasteiger partial charge < -0.3 is 24.2 Å². The number of halogens is 2. The molecule has 2 aromatic carbocycles. The van der Waals surface area contributed by atoms with Crippen molar-refractivity contribution < 1.29 is 37.7 Å². The Hall–Kier alpha value is -4.52. The molecule has 3 aromatic rings. The lowest BCUT2D eigenvalue weighted by Gasteiger charge is -2.42. The summed E-state index contributed by atoms with van der Waals surface area (Å²) in [4.78, 5) is 26.9. The number of aromatic nitrogens is 2. The van der Waals surface area contributed by atoms with Gasteiger partial charge in [0, 0.05) is 41.6 Å². The van der Waals surface area contributed by atoms with Gasteiger partial charge in [0.05, 0.1) is 56.3 Å². The number of anilines is 1. The van der Waals surface area contributed by atoms with Crippen molar-refractivity contribution in [2.75, 3.05) is 38.5 Å². The van der Waals surface area contributed by atoms with Crippen molar-refractivity contribution in [3.63, 3.8) is 0 Å². The van der Waals surface area contributed by atoms with Crippen molar-refractivity contribution in [3.8, 4) is 22.6 Å². The number of hydrazone groups is 1. The first-order valence-electron chi connectivity index (χ1n) is 13.4. The lowest BCUT2D eigenvalue weighted by atomic mass is 9.85. The quantitative estimate of drug-likeness (QED) is 0.470. The maximum atomic E-state index is 14.4. The second-order valence-corrected chi connectivity index (χ2v) is 11.1. The van der Waals surface area contributed by atoms with Crippen molar-refractivity contribution in [3.05, 3.63) is 59.9 Å². The molecule has 1 N–H and O–H groups in total. The first-order chi connectivity index (χ1) is 20.1. The average molecular weight is 582 g/mol. The number of fused-ring (bicyclic) bond motifs is 3. The van der Waals surface area contributed by atoms with Gasteiger partial charge in [-0.25, -0.2) is 8.78 Å². The lowest BCUT2D eigenvalue weighted by Crippen LogP contribution is -2.58. The molecule has 1 aromatic heterocycles. The second-order valence-electron chi connectivity index (χ2n) is 11.1. The smallest absolute Gasteiger partial charge is 0.325 e. The monoisotopic (exact) mass is 581 g/mol. The Balaban J connectivity index is 1.47. The molecule has 1 fully saturated rings. The van der Waals surface area contributed by atoms with E-state index >= 15 is 0 Å². The highest BCUT2D eigenvalue weighted by Crippen LogP contribution is 2.49. The molecule has 2 atom stereocenters. The number of nitrogens with zero attached hydrogens (tertiary/aromatic N) is 5. The molecule has 3 aliphatic rings. The summed E-state index contributed by atoms with van der Waals surface area (Å²) >= 11 is 0. The van der Waals surface area contributed by atoms with Gasteiger partial charge in [0.1, 0.15) is 35.4 Å². The summed E-state index contributed by atoms with van der Waals surface area (Å²) in [7, 11) is 1.50. The van der Waals surface area contributed by atoms with Crippen LogP contribution in [0, 0.1) is 17.6 Å². The van der Waals surface area contributed by atoms with Crippen LogP contribution in [-0.4, -0.2) is 76.4 Å². The fraction of sp³-hybridized carbons (Fsp3) is 0.379. The number of hydrogen-bond donors (Lipinski definition) is 1. The molecular weight excluding hydrogens is 552 g/mol. The van der Waals surface area contributed by atoms with Crippen LogP contribution in [0.4, 0.5) is 14.5 Å². The van der Waals surface area contributed by atoms with E-state index in [4.69, 9.17) is 24.4 Å². The van der Waals surface area contributed by atoms with Crippen LogP contribution in [0.15, 0.2) is 47.8 Å². The van der Waals surface area contributed by atoms with Crippen LogP contribution in [0.5, 0.6) is 11.5 Å². The molecule has 13 heteroatoms. The van der Waals surface area contributed by atoms with Gasteiger partial charge >= 0.3 is 5.97 Å². The summed E-state index contributed by atoms with van der Waals surface area (Å²) in [6.07, 6.45) is 3.11. The van der Waals surface area contributed by atoms with Crippen molar-refractivity contribution in [2.24, 2.45) is 11.0 Å². The van der Waals surface area contributed by atoms with Gasteiger partial charge in [-0.05, 0) is 32.0 Å². The molecule has 0 spiro atoms. The number of ether oxygens (including phenoxy) is 3. The fourth-order valence-corrected chi connectivity index (χ4v) is 5.79. The largest absolute Gasteiger partial charge is 0.496 e. The number of aliphatic carboxylic acids is 1. The van der Waals surface area contributed by atoms with E-state index in [1.54, 1.807) is 23.2 Å². The third-order valence-corrected chi connectivity index (χ3v) is 7.74. The van der Waals surface area contributed by atoms with E-state index in [1.807, 2.05) is 13.8 Å². The maximum Gasteiger partial charge on any atom is 0.325 e. The Morgan fingerprint density at radius 3 is 2.62 bits per heavy atom. The summed E-state index contributed by atoms with van der Waals surface area (Å²) < 4.78 is 47.5. The van der Waals surface area contributed by atoms with Gasteiger partial charge in [0.25, 0.3) is 5.91 Å². The minimum atomic E-state index is -1.04. The summed E-state index contributed by atoms with van der Waals surface area (Å²) in [5, 5.41) is 19.5. The Morgan fingerprint density at radius 2 is 1.93 bits per heavy atom. The van der Waals surface area contributed by atoms with Crippen molar-refractivity contribution in [2.45, 2.75) is 32.0 Å². The first-order valence-corrected chi connectivity index (χ1v) is 13.4. The highest BCUT2D eigenvalue weighted by molar-refractivity contribution is 6.40. The third-order valence-electron chi connectivity index (χ3n) is 7.74. The molecule has 6 rings (SSSR count). The van der Waals surface area contributed by atoms with E-state index in [0.717, 1.165) is 6.07 Å². The first kappa shape index (κ1) is 27.6. The fourth-order valence-electron chi connectivity index (χ4n) is 5.79. The predicted octanol–water partition coefficient (Wildman–Crippen LogP) is 3.48. The van der Waals surface area contributed by atoms with E-state index in [-0.39, 0.29) is 30.5 Å². The van der Waals surface area contributed by atoms with E-state index in [9.17, 15) is 18.4 Å². The number of amides is 1. The number of methoxy groups -OCH3 is 1. The number of rotatable bonds is 6. The molecule has 0 saturated carbocycles. The zero-order chi connectivity index (χ0) is 29.8. The summed E-state index contributed by atoms with van der Waals surface area (Å²) in [5.74, 6) is -2.54. The molecule has 1 saturated heterocycles. The molecule has 220 valence electrons. The van der Waals surface area contributed by atoms with Crippen molar-refractivity contribution in [1.82, 2.24) is 14.7 Å². The Labute approximate surface area is 239 Å². The molecule has 0 bridgehead atoms. The number of morpholine rings is 1. The van der Waals surface area contributed by atoms with Gasteiger partial charge in [-0.2, -0.15) is 10.2 Å². The highest BCUT2D eigenvalue weighted by atomic mass is 19.1. The number of hydrogen-bond acceptors (Lipinski definition) is 8. The number of benzene rings is 2. The van der Waals surface area contributed by atoms with E-state index in [0.29, 0.717) is 47.9 Å². The zero-order valence-electron chi connectivity index (χ0n) is 23.2. The Morgan fingerprint density at radius 1 is 1.17 bits per heavy atom. The van der Waals surface area contributed by atoms with Gasteiger partial charge in [0.2, 0.25) is 0 Å². The van der Waals surface area contributed by atoms with Crippen LogP contribution in [0.25, 0.3) is 11.1 Å². The molecule has 0 radical (unpaired) electrons. The Kier molecular flexibility index (Phi) is 6.84. The molecule has 1 amide bonds. The van der Waals surface area contributed by atoms with E-state index in [1.165, 1.54) is 35.1 Å². The summed E-state index contributed by atoms with van der Waals surface area (Å²) in [5.41, 5.74) is 1.58. The SMILES string of the molecule is COc1cc2c(cc1-c1cnn(CC(=O)O)c1)C1C(CO2)C(C(=O)N2CCOCC2(C)C)=NN1c1cc(F)cc(F)c1. The van der Waals surface area contributed by atoms with Gasteiger partial charge in [0.15, 0.2) is 0 Å². The molecular formula is C29H29F2N5O6. The number of carbonyl (C=O) groups excluding carboxylic acids is 1. The second kappa shape index (κ2) is 10.4. The normalized spacial score (nSPS) is 20.8. The summed E-state index contributed by atoms with van der Waals surface area (Å²) in [6, 6.07) is 5.98. The number of carboxylic acids is 1. The third kappa shape index (κ3) is 4.83. The molecule has 2 unspecified atom stereocenters. The van der Waals surface area contributed by atoms with Crippen LogP contribution in [0.1, 0.15) is 25.5 Å². The average Bonchev–Trinajstić information content (AvgIpc) is 3.56. The minimum absolute atomic E-state index is 0.0976. The van der Waals surface area contributed by atoms with Crippen LogP contribution in [-0.2, 0) is 20.9 Å². The molecule has 42 heavy (non-hydrogen) atoms. The summed E-state index contributed by atoms with van der Waals surface area (Å²) in [6.45, 7) is 4.71. The van der Waals surface area contributed by atoms with Crippen LogP contribution in [0.2, 0.25) is 0 Å².